The molecule has 5 nitrogen and oxygen atoms in total. The van der Waals surface area contributed by atoms with Crippen molar-refractivity contribution in [3.05, 3.63) is 59.7 Å². The molecule has 3 aromatic rings. The van der Waals surface area contributed by atoms with Crippen LogP contribution in [0.5, 0.6) is 0 Å². The van der Waals surface area contributed by atoms with Crippen LogP contribution in [0.25, 0.3) is 11.0 Å². The summed E-state index contributed by atoms with van der Waals surface area (Å²) in [5, 5.41) is 0. The number of likely N-dealkylation sites (tertiary alicyclic amines) is 1. The van der Waals surface area contributed by atoms with Gasteiger partial charge in [-0.3, -0.25) is 4.79 Å². The average Bonchev–Trinajstić information content (AvgIpc) is 3.03. The maximum absolute atomic E-state index is 13.9. The number of hydrogen-bond donors (Lipinski definition) is 1. The standard InChI is InChI=1S/C19H18F2N4O/c20-13-9-14(21)18(22-10-13)19(26)25-7-3-4-12(11-25)8-17-23-15-5-1-2-6-16(15)24-17/h1-2,5-6,9-10,12H,3-4,7-8,11H2,(H,23,24)/t12-/m0/s1. The number of piperidine rings is 1. The van der Waals surface area contributed by atoms with Crippen molar-refractivity contribution in [2.24, 2.45) is 5.92 Å². The Morgan fingerprint density at radius 3 is 2.96 bits per heavy atom. The number of fused-ring (bicyclic) bond motifs is 1. The number of amides is 1. The number of halogens is 2. The second-order valence-corrected chi connectivity index (χ2v) is 6.65. The molecule has 0 unspecified atom stereocenters. The van der Waals surface area contributed by atoms with E-state index in [4.69, 9.17) is 0 Å². The lowest BCUT2D eigenvalue weighted by atomic mass is 9.94. The highest BCUT2D eigenvalue weighted by atomic mass is 19.1. The van der Waals surface area contributed by atoms with Crippen LogP contribution >= 0.6 is 0 Å². The summed E-state index contributed by atoms with van der Waals surface area (Å²) in [5.41, 5.74) is 1.59. The Hall–Kier alpha value is -2.83. The van der Waals surface area contributed by atoms with Gasteiger partial charge in [0.05, 0.1) is 17.2 Å². The Bertz CT molecular complexity index is 923. The quantitative estimate of drug-likeness (QED) is 0.783. The molecule has 3 heterocycles. The number of hydrogen-bond acceptors (Lipinski definition) is 3. The van der Waals surface area contributed by atoms with Crippen molar-refractivity contribution in [2.45, 2.75) is 19.3 Å². The zero-order chi connectivity index (χ0) is 18.1. The number of aromatic nitrogens is 3. The first-order valence-electron chi connectivity index (χ1n) is 8.64. The molecular formula is C19H18F2N4O. The van der Waals surface area contributed by atoms with Crippen LogP contribution in [-0.2, 0) is 6.42 Å². The van der Waals surface area contributed by atoms with Gasteiger partial charge < -0.3 is 9.88 Å². The fourth-order valence-electron chi connectivity index (χ4n) is 3.51. The number of nitrogens with one attached hydrogen (secondary N) is 1. The fraction of sp³-hybridized carbons (Fsp3) is 0.316. The molecule has 1 amide bonds. The number of para-hydroxylation sites is 2. The minimum absolute atomic E-state index is 0.233. The average molecular weight is 356 g/mol. The number of rotatable bonds is 3. The Balaban J connectivity index is 1.47. The van der Waals surface area contributed by atoms with Crippen molar-refractivity contribution in [2.75, 3.05) is 13.1 Å². The first kappa shape index (κ1) is 16.6. The Labute approximate surface area is 149 Å². The van der Waals surface area contributed by atoms with Crippen LogP contribution in [0, 0.1) is 17.6 Å². The Morgan fingerprint density at radius 1 is 1.31 bits per heavy atom. The van der Waals surface area contributed by atoms with Crippen LogP contribution in [0.15, 0.2) is 36.5 Å². The van der Waals surface area contributed by atoms with E-state index in [1.54, 1.807) is 4.90 Å². The van der Waals surface area contributed by atoms with Gasteiger partial charge in [0, 0.05) is 25.6 Å². The predicted molar refractivity (Wildman–Crippen MR) is 92.6 cm³/mol. The maximum Gasteiger partial charge on any atom is 0.275 e. The molecule has 1 aliphatic heterocycles. The van der Waals surface area contributed by atoms with E-state index >= 15 is 0 Å². The summed E-state index contributed by atoms with van der Waals surface area (Å²) in [6.45, 7) is 1.06. The predicted octanol–water partition coefficient (Wildman–Crippen LogP) is 3.33. The molecule has 1 N–H and O–H groups in total. The summed E-state index contributed by atoms with van der Waals surface area (Å²) >= 11 is 0. The molecule has 1 fully saturated rings. The smallest absolute Gasteiger partial charge is 0.275 e. The van der Waals surface area contributed by atoms with Gasteiger partial charge >= 0.3 is 0 Å². The minimum Gasteiger partial charge on any atom is -0.342 e. The molecule has 1 aliphatic rings. The highest BCUT2D eigenvalue weighted by molar-refractivity contribution is 5.92. The van der Waals surface area contributed by atoms with Crippen LogP contribution in [0.1, 0.15) is 29.2 Å². The SMILES string of the molecule is O=C(c1ncc(F)cc1F)N1CCC[C@@H](Cc2nc3ccccc3[nH]2)C1. The summed E-state index contributed by atoms with van der Waals surface area (Å²) in [7, 11) is 0. The van der Waals surface area contributed by atoms with Crippen molar-refractivity contribution < 1.29 is 13.6 Å². The molecule has 134 valence electrons. The molecule has 1 aromatic carbocycles. The molecular weight excluding hydrogens is 338 g/mol. The topological polar surface area (TPSA) is 61.9 Å². The van der Waals surface area contributed by atoms with E-state index in [9.17, 15) is 13.6 Å². The van der Waals surface area contributed by atoms with Crippen LogP contribution in [0.2, 0.25) is 0 Å². The number of benzene rings is 1. The third-order valence-corrected chi connectivity index (χ3v) is 4.74. The van der Waals surface area contributed by atoms with Gasteiger partial charge in [-0.15, -0.1) is 0 Å². The van der Waals surface area contributed by atoms with Crippen molar-refractivity contribution in [1.29, 1.82) is 0 Å². The zero-order valence-electron chi connectivity index (χ0n) is 14.1. The van der Waals surface area contributed by atoms with E-state index in [0.29, 0.717) is 19.2 Å². The highest BCUT2D eigenvalue weighted by Gasteiger charge is 2.27. The largest absolute Gasteiger partial charge is 0.342 e. The molecule has 0 aliphatic carbocycles. The Kier molecular flexibility index (Phi) is 4.36. The fourth-order valence-corrected chi connectivity index (χ4v) is 3.51. The van der Waals surface area contributed by atoms with Crippen molar-refractivity contribution in [3.8, 4) is 0 Å². The van der Waals surface area contributed by atoms with Crippen LogP contribution < -0.4 is 0 Å². The summed E-state index contributed by atoms with van der Waals surface area (Å²) in [5.74, 6) is -1.08. The molecule has 0 radical (unpaired) electrons. The van der Waals surface area contributed by atoms with Gasteiger partial charge in [0.2, 0.25) is 0 Å². The lowest BCUT2D eigenvalue weighted by Gasteiger charge is -2.32. The molecule has 1 saturated heterocycles. The normalized spacial score (nSPS) is 17.6. The van der Waals surface area contributed by atoms with Gasteiger partial charge in [-0.1, -0.05) is 12.1 Å². The summed E-state index contributed by atoms with van der Waals surface area (Å²) in [6, 6.07) is 8.52. The van der Waals surface area contributed by atoms with E-state index in [1.165, 1.54) is 0 Å². The lowest BCUT2D eigenvalue weighted by Crippen LogP contribution is -2.41. The van der Waals surface area contributed by atoms with E-state index in [1.807, 2.05) is 24.3 Å². The summed E-state index contributed by atoms with van der Waals surface area (Å²) < 4.78 is 26.9. The highest BCUT2D eigenvalue weighted by Crippen LogP contribution is 2.23. The van der Waals surface area contributed by atoms with Gasteiger partial charge in [0.1, 0.15) is 11.6 Å². The molecule has 0 spiro atoms. The Morgan fingerprint density at radius 2 is 2.15 bits per heavy atom. The molecule has 2 aromatic heterocycles. The van der Waals surface area contributed by atoms with Crippen molar-refractivity contribution >= 4 is 16.9 Å². The second-order valence-electron chi connectivity index (χ2n) is 6.65. The van der Waals surface area contributed by atoms with Crippen molar-refractivity contribution in [1.82, 2.24) is 19.9 Å². The molecule has 0 saturated carbocycles. The number of pyridine rings is 1. The third kappa shape index (κ3) is 3.29. The molecule has 0 bridgehead atoms. The first-order valence-corrected chi connectivity index (χ1v) is 8.64. The van der Waals surface area contributed by atoms with Gasteiger partial charge in [0.15, 0.2) is 11.5 Å². The van der Waals surface area contributed by atoms with Gasteiger partial charge in [-0.2, -0.15) is 0 Å². The van der Waals surface area contributed by atoms with Gasteiger partial charge in [-0.05, 0) is 30.9 Å². The zero-order valence-corrected chi connectivity index (χ0v) is 14.1. The third-order valence-electron chi connectivity index (χ3n) is 4.74. The minimum atomic E-state index is -0.922. The number of nitrogens with zero attached hydrogens (tertiary/aromatic N) is 3. The number of imidazole rings is 1. The summed E-state index contributed by atoms with van der Waals surface area (Å²) in [4.78, 5) is 25.7. The second kappa shape index (κ2) is 6.82. The molecule has 7 heteroatoms. The van der Waals surface area contributed by atoms with Crippen molar-refractivity contribution in [3.63, 3.8) is 0 Å². The van der Waals surface area contributed by atoms with Gasteiger partial charge in [-0.25, -0.2) is 18.7 Å². The van der Waals surface area contributed by atoms with E-state index in [-0.39, 0.29) is 11.6 Å². The number of aromatic amines is 1. The van der Waals surface area contributed by atoms with Crippen LogP contribution in [0.3, 0.4) is 0 Å². The molecule has 26 heavy (non-hydrogen) atoms. The molecule has 4 rings (SSSR count). The lowest BCUT2D eigenvalue weighted by molar-refractivity contribution is 0.0661. The van der Waals surface area contributed by atoms with E-state index < -0.39 is 17.5 Å². The number of carbonyl (C=O) groups excluding carboxylic acids is 1. The number of H-pyrrole nitrogens is 1. The summed E-state index contributed by atoms with van der Waals surface area (Å²) in [6.07, 6.45) is 3.39. The monoisotopic (exact) mass is 356 g/mol. The molecule has 1 atom stereocenters. The number of carbonyl (C=O) groups is 1. The van der Waals surface area contributed by atoms with E-state index in [2.05, 4.69) is 15.0 Å². The first-order chi connectivity index (χ1) is 12.6. The maximum atomic E-state index is 13.9. The van der Waals surface area contributed by atoms with Gasteiger partial charge in [0.25, 0.3) is 5.91 Å². The van der Waals surface area contributed by atoms with Crippen LogP contribution in [-0.4, -0.2) is 38.8 Å². The van der Waals surface area contributed by atoms with E-state index in [0.717, 1.165) is 42.3 Å². The van der Waals surface area contributed by atoms with Crippen LogP contribution in [0.4, 0.5) is 8.78 Å².